The second-order valence-electron chi connectivity index (χ2n) is 4.62. The summed E-state index contributed by atoms with van der Waals surface area (Å²) in [4.78, 5) is 0. The molecule has 1 unspecified atom stereocenters. The van der Waals surface area contributed by atoms with Crippen LogP contribution in [-0.2, 0) is 9.84 Å². The van der Waals surface area contributed by atoms with E-state index < -0.39 is 20.7 Å². The molecule has 100 valence electrons. The molecule has 1 aliphatic rings. The fourth-order valence-electron chi connectivity index (χ4n) is 2.25. The van der Waals surface area contributed by atoms with Gasteiger partial charge in [0.15, 0.2) is 9.84 Å². The van der Waals surface area contributed by atoms with Gasteiger partial charge in [-0.05, 0) is 23.8 Å². The van der Waals surface area contributed by atoms with Crippen LogP contribution in [0, 0.1) is 0 Å². The summed E-state index contributed by atoms with van der Waals surface area (Å²) in [6.07, 6.45) is 1.10. The SMILES string of the molecule is CS(=O)(=O)C(c1cc(Cl)cc(Cl)c1)C1(O)CNC1. The van der Waals surface area contributed by atoms with Crippen LogP contribution in [0.2, 0.25) is 10.0 Å². The molecule has 2 rings (SSSR count). The molecule has 1 aliphatic heterocycles. The van der Waals surface area contributed by atoms with Crippen molar-refractivity contribution in [3.63, 3.8) is 0 Å². The van der Waals surface area contributed by atoms with Crippen molar-refractivity contribution in [2.45, 2.75) is 10.9 Å². The van der Waals surface area contributed by atoms with Gasteiger partial charge in [0.2, 0.25) is 0 Å². The Morgan fingerprint density at radius 3 is 2.11 bits per heavy atom. The number of halogens is 2. The standard InChI is InChI=1S/C11H13Cl2NO3S/c1-18(16,17)10(11(15)5-14-6-11)7-2-8(12)4-9(13)3-7/h2-4,10,14-15H,5-6H2,1H3. The minimum absolute atomic E-state index is 0.231. The van der Waals surface area contributed by atoms with Crippen LogP contribution in [0.25, 0.3) is 0 Å². The molecule has 0 radical (unpaired) electrons. The van der Waals surface area contributed by atoms with E-state index in [-0.39, 0.29) is 13.1 Å². The normalized spacial score (nSPS) is 20.2. The van der Waals surface area contributed by atoms with Crippen molar-refractivity contribution in [2.75, 3.05) is 19.3 Å². The van der Waals surface area contributed by atoms with Gasteiger partial charge in [-0.3, -0.25) is 0 Å². The highest BCUT2D eigenvalue weighted by Crippen LogP contribution is 2.37. The van der Waals surface area contributed by atoms with E-state index in [9.17, 15) is 13.5 Å². The Labute approximate surface area is 116 Å². The van der Waals surface area contributed by atoms with Crippen LogP contribution in [-0.4, -0.2) is 38.5 Å². The highest BCUT2D eigenvalue weighted by Gasteiger charge is 2.48. The minimum atomic E-state index is -3.48. The van der Waals surface area contributed by atoms with Crippen LogP contribution in [0.1, 0.15) is 10.8 Å². The second kappa shape index (κ2) is 4.65. The van der Waals surface area contributed by atoms with Crippen LogP contribution in [0.5, 0.6) is 0 Å². The Hall–Kier alpha value is -0.330. The molecule has 0 aliphatic carbocycles. The number of hydrogen-bond donors (Lipinski definition) is 2. The number of hydrogen-bond acceptors (Lipinski definition) is 4. The lowest BCUT2D eigenvalue weighted by molar-refractivity contribution is -0.0139. The van der Waals surface area contributed by atoms with E-state index in [0.29, 0.717) is 15.6 Å². The summed E-state index contributed by atoms with van der Waals surface area (Å²) in [6, 6.07) is 4.57. The molecule has 4 nitrogen and oxygen atoms in total. The van der Waals surface area contributed by atoms with Crippen molar-refractivity contribution in [3.05, 3.63) is 33.8 Å². The Balaban J connectivity index is 2.53. The quantitative estimate of drug-likeness (QED) is 0.886. The van der Waals surface area contributed by atoms with Gasteiger partial charge < -0.3 is 10.4 Å². The average Bonchev–Trinajstić information content (AvgIpc) is 2.11. The van der Waals surface area contributed by atoms with E-state index >= 15 is 0 Å². The number of nitrogens with one attached hydrogen (secondary N) is 1. The van der Waals surface area contributed by atoms with Crippen LogP contribution in [0.4, 0.5) is 0 Å². The van der Waals surface area contributed by atoms with Crippen molar-refractivity contribution in [1.29, 1.82) is 0 Å². The molecule has 1 saturated heterocycles. The second-order valence-corrected chi connectivity index (χ2v) is 7.62. The molecule has 1 atom stereocenters. The summed E-state index contributed by atoms with van der Waals surface area (Å²) in [5.41, 5.74) is -0.888. The van der Waals surface area contributed by atoms with Gasteiger partial charge >= 0.3 is 0 Å². The summed E-state index contributed by atoms with van der Waals surface area (Å²) < 4.78 is 23.8. The molecular formula is C11H13Cl2NO3S. The Morgan fingerprint density at radius 2 is 1.78 bits per heavy atom. The summed E-state index contributed by atoms with van der Waals surface area (Å²) in [5.74, 6) is 0. The molecule has 0 aromatic heterocycles. The maximum atomic E-state index is 11.9. The molecule has 1 aromatic carbocycles. The van der Waals surface area contributed by atoms with Gasteiger partial charge in [-0.2, -0.15) is 0 Å². The van der Waals surface area contributed by atoms with Gasteiger partial charge in [-0.1, -0.05) is 23.2 Å². The zero-order valence-corrected chi connectivity index (χ0v) is 12.0. The van der Waals surface area contributed by atoms with Gasteiger partial charge in [-0.15, -0.1) is 0 Å². The highest BCUT2D eigenvalue weighted by molar-refractivity contribution is 7.91. The van der Waals surface area contributed by atoms with Crippen molar-refractivity contribution >= 4 is 33.0 Å². The van der Waals surface area contributed by atoms with E-state index in [1.165, 1.54) is 18.2 Å². The minimum Gasteiger partial charge on any atom is -0.386 e. The third-order valence-electron chi connectivity index (χ3n) is 2.97. The molecule has 1 fully saturated rings. The molecule has 0 bridgehead atoms. The lowest BCUT2D eigenvalue weighted by atomic mass is 9.88. The van der Waals surface area contributed by atoms with E-state index in [4.69, 9.17) is 23.2 Å². The smallest absolute Gasteiger partial charge is 0.157 e. The van der Waals surface area contributed by atoms with Gasteiger partial charge in [-0.25, -0.2) is 8.42 Å². The van der Waals surface area contributed by atoms with E-state index in [1.807, 2.05) is 0 Å². The Morgan fingerprint density at radius 1 is 1.28 bits per heavy atom. The van der Waals surface area contributed by atoms with Crippen LogP contribution in [0.15, 0.2) is 18.2 Å². The third-order valence-corrected chi connectivity index (χ3v) is 4.97. The van der Waals surface area contributed by atoms with E-state index in [2.05, 4.69) is 5.32 Å². The topological polar surface area (TPSA) is 66.4 Å². The first-order chi connectivity index (χ1) is 8.22. The van der Waals surface area contributed by atoms with Crippen molar-refractivity contribution in [1.82, 2.24) is 5.32 Å². The number of rotatable bonds is 3. The molecule has 0 amide bonds. The molecule has 1 heterocycles. The predicted octanol–water partition coefficient (Wildman–Crippen LogP) is 1.41. The molecular weight excluding hydrogens is 297 g/mol. The molecule has 0 spiro atoms. The van der Waals surface area contributed by atoms with E-state index in [1.54, 1.807) is 0 Å². The maximum absolute atomic E-state index is 11.9. The lowest BCUT2D eigenvalue weighted by Gasteiger charge is -2.43. The van der Waals surface area contributed by atoms with Gasteiger partial charge in [0.05, 0.1) is 0 Å². The number of aliphatic hydroxyl groups is 1. The first-order valence-corrected chi connectivity index (χ1v) is 8.01. The Kier molecular flexibility index (Phi) is 3.64. The molecule has 0 saturated carbocycles. The lowest BCUT2D eigenvalue weighted by Crippen LogP contribution is -2.63. The first kappa shape index (κ1) is 14.1. The van der Waals surface area contributed by atoms with Crippen LogP contribution in [0.3, 0.4) is 0 Å². The maximum Gasteiger partial charge on any atom is 0.157 e. The molecule has 2 N–H and O–H groups in total. The van der Waals surface area contributed by atoms with Crippen LogP contribution >= 0.6 is 23.2 Å². The van der Waals surface area contributed by atoms with Crippen molar-refractivity contribution < 1.29 is 13.5 Å². The van der Waals surface area contributed by atoms with Crippen molar-refractivity contribution in [3.8, 4) is 0 Å². The molecule has 7 heteroatoms. The fraction of sp³-hybridized carbons (Fsp3) is 0.455. The van der Waals surface area contributed by atoms with Crippen LogP contribution < -0.4 is 5.32 Å². The average molecular weight is 310 g/mol. The Bertz CT molecular complexity index is 549. The number of β-amino-alcohol motifs (C(OH)–C–C–N with tert-alkyl or cyclic N) is 1. The molecule has 18 heavy (non-hydrogen) atoms. The number of benzene rings is 1. The summed E-state index contributed by atoms with van der Waals surface area (Å²) in [6.45, 7) is 0.462. The van der Waals surface area contributed by atoms with Gasteiger partial charge in [0.25, 0.3) is 0 Å². The fourth-order valence-corrected chi connectivity index (χ4v) is 4.39. The summed E-state index contributed by atoms with van der Waals surface area (Å²) >= 11 is 11.8. The zero-order valence-electron chi connectivity index (χ0n) is 9.65. The third kappa shape index (κ3) is 2.65. The monoisotopic (exact) mass is 309 g/mol. The van der Waals surface area contributed by atoms with Gasteiger partial charge in [0, 0.05) is 29.4 Å². The van der Waals surface area contributed by atoms with E-state index in [0.717, 1.165) is 6.26 Å². The summed E-state index contributed by atoms with van der Waals surface area (Å²) in [5, 5.41) is 12.9. The zero-order chi connectivity index (χ0) is 13.6. The highest BCUT2D eigenvalue weighted by atomic mass is 35.5. The number of sulfone groups is 1. The first-order valence-electron chi connectivity index (χ1n) is 5.30. The largest absolute Gasteiger partial charge is 0.386 e. The van der Waals surface area contributed by atoms with Crippen molar-refractivity contribution in [2.24, 2.45) is 0 Å². The molecule has 1 aromatic rings. The predicted molar refractivity (Wildman–Crippen MR) is 71.9 cm³/mol. The summed E-state index contributed by atoms with van der Waals surface area (Å²) in [7, 11) is -3.48. The van der Waals surface area contributed by atoms with Gasteiger partial charge in [0.1, 0.15) is 10.9 Å².